The van der Waals surface area contributed by atoms with E-state index in [1.165, 1.54) is 12.1 Å². The Kier molecular flexibility index (Phi) is 4.84. The van der Waals surface area contributed by atoms with E-state index in [1.54, 1.807) is 30.3 Å². The summed E-state index contributed by atoms with van der Waals surface area (Å²) in [6, 6.07) is 18.8. The molecule has 1 aliphatic heterocycles. The first-order chi connectivity index (χ1) is 13.8. The zero-order chi connectivity index (χ0) is 20.6. The number of nitrogens with zero attached hydrogens (tertiary/aromatic N) is 1. The lowest BCUT2D eigenvalue weighted by Crippen LogP contribution is -2.19. The molecule has 0 spiro atoms. The molecule has 2 heterocycles. The Morgan fingerprint density at radius 2 is 1.66 bits per heavy atom. The second-order valence-corrected chi connectivity index (χ2v) is 9.13. The van der Waals surface area contributed by atoms with E-state index in [2.05, 4.69) is 5.32 Å². The number of amides is 1. The Balaban J connectivity index is 1.52. The number of ketones is 1. The molecular weight excluding hydrogens is 388 g/mol. The molecule has 7 heteroatoms. The van der Waals surface area contributed by atoms with Gasteiger partial charge in [0.25, 0.3) is 0 Å². The molecule has 1 aromatic heterocycles. The van der Waals surface area contributed by atoms with Crippen molar-refractivity contribution in [2.24, 2.45) is 0 Å². The van der Waals surface area contributed by atoms with Crippen molar-refractivity contribution >= 4 is 27.2 Å². The van der Waals surface area contributed by atoms with E-state index in [0.717, 1.165) is 11.9 Å². The first-order valence-corrected chi connectivity index (χ1v) is 11.1. The van der Waals surface area contributed by atoms with Crippen LogP contribution >= 0.6 is 0 Å². The van der Waals surface area contributed by atoms with Gasteiger partial charge in [0.2, 0.25) is 11.7 Å². The van der Waals surface area contributed by atoms with E-state index in [9.17, 15) is 18.0 Å². The van der Waals surface area contributed by atoms with Crippen molar-refractivity contribution in [2.45, 2.75) is 23.8 Å². The molecule has 1 N–H and O–H groups in total. The third-order valence-corrected chi connectivity index (χ3v) is 6.28. The predicted octanol–water partition coefficient (Wildman–Crippen LogP) is 3.25. The fourth-order valence-electron chi connectivity index (χ4n) is 3.66. The van der Waals surface area contributed by atoms with Crippen LogP contribution in [0.15, 0.2) is 71.6 Å². The van der Waals surface area contributed by atoms with Crippen LogP contribution in [0.4, 0.5) is 5.69 Å². The number of anilines is 1. The summed E-state index contributed by atoms with van der Waals surface area (Å²) in [5, 5.41) is 2.84. The van der Waals surface area contributed by atoms with E-state index < -0.39 is 9.84 Å². The maximum Gasteiger partial charge on any atom is 0.233 e. The van der Waals surface area contributed by atoms with Crippen LogP contribution in [0, 0.1) is 0 Å². The standard InChI is InChI=1S/C22H20N2O4S/c1-29(27,28)17-9-7-16(8-10-17)23-22(26)18-13-14-24-19(18)11-12-20(24)21(25)15-5-3-2-4-6-15/h2-12,18H,13-14H2,1H3,(H,23,26)/t18-/m1/s1. The van der Waals surface area contributed by atoms with Crippen LogP contribution in [-0.4, -0.2) is 30.9 Å². The minimum Gasteiger partial charge on any atom is -0.341 e. The van der Waals surface area contributed by atoms with Gasteiger partial charge in [-0.25, -0.2) is 8.42 Å². The van der Waals surface area contributed by atoms with Crippen molar-refractivity contribution in [3.05, 3.63) is 83.7 Å². The fraction of sp³-hybridized carbons (Fsp3) is 0.182. The number of sulfone groups is 1. The van der Waals surface area contributed by atoms with Gasteiger partial charge in [-0.3, -0.25) is 9.59 Å². The van der Waals surface area contributed by atoms with Crippen molar-refractivity contribution in [3.8, 4) is 0 Å². The molecule has 148 valence electrons. The van der Waals surface area contributed by atoms with Gasteiger partial charge in [-0.15, -0.1) is 0 Å². The first kappa shape index (κ1) is 19.1. The maximum absolute atomic E-state index is 12.8. The summed E-state index contributed by atoms with van der Waals surface area (Å²) >= 11 is 0. The van der Waals surface area contributed by atoms with Gasteiger partial charge < -0.3 is 9.88 Å². The van der Waals surface area contributed by atoms with Crippen molar-refractivity contribution < 1.29 is 18.0 Å². The van der Waals surface area contributed by atoms with E-state index >= 15 is 0 Å². The smallest absolute Gasteiger partial charge is 0.233 e. The van der Waals surface area contributed by atoms with Crippen LogP contribution < -0.4 is 5.32 Å². The fourth-order valence-corrected chi connectivity index (χ4v) is 4.29. The third kappa shape index (κ3) is 3.73. The molecule has 1 atom stereocenters. The second-order valence-electron chi connectivity index (χ2n) is 7.12. The predicted molar refractivity (Wildman–Crippen MR) is 110 cm³/mol. The maximum atomic E-state index is 12.8. The molecule has 0 fully saturated rings. The normalized spacial score (nSPS) is 15.7. The van der Waals surface area contributed by atoms with E-state index in [4.69, 9.17) is 0 Å². The average molecular weight is 408 g/mol. The van der Waals surface area contributed by atoms with Crippen molar-refractivity contribution in [3.63, 3.8) is 0 Å². The summed E-state index contributed by atoms with van der Waals surface area (Å²) in [4.78, 5) is 25.8. The van der Waals surface area contributed by atoms with Crippen LogP contribution in [0.25, 0.3) is 0 Å². The molecule has 6 nitrogen and oxygen atoms in total. The van der Waals surface area contributed by atoms with Crippen LogP contribution in [0.5, 0.6) is 0 Å². The lowest BCUT2D eigenvalue weighted by atomic mass is 10.0. The minimum absolute atomic E-state index is 0.0609. The Morgan fingerprint density at radius 1 is 0.966 bits per heavy atom. The van der Waals surface area contributed by atoms with Gasteiger partial charge in [0.15, 0.2) is 9.84 Å². The summed E-state index contributed by atoms with van der Waals surface area (Å²) in [6.45, 7) is 0.599. The number of hydrogen-bond acceptors (Lipinski definition) is 4. The number of benzene rings is 2. The third-order valence-electron chi connectivity index (χ3n) is 5.15. The van der Waals surface area contributed by atoms with E-state index in [0.29, 0.717) is 29.9 Å². The molecule has 0 saturated heterocycles. The number of aromatic nitrogens is 1. The Labute approximate surface area is 169 Å². The highest BCUT2D eigenvalue weighted by molar-refractivity contribution is 7.90. The SMILES string of the molecule is CS(=O)(=O)c1ccc(NC(=O)[C@@H]2CCn3c(C(=O)c4ccccc4)ccc32)cc1. The quantitative estimate of drug-likeness (QED) is 0.657. The molecule has 3 aromatic rings. The molecule has 0 bridgehead atoms. The number of rotatable bonds is 5. The molecule has 1 amide bonds. The molecule has 29 heavy (non-hydrogen) atoms. The van der Waals surface area contributed by atoms with Crippen molar-refractivity contribution in [2.75, 3.05) is 11.6 Å². The van der Waals surface area contributed by atoms with Gasteiger partial charge >= 0.3 is 0 Å². The Hall–Kier alpha value is -3.19. The van der Waals surface area contributed by atoms with Crippen LogP contribution in [0.3, 0.4) is 0 Å². The van der Waals surface area contributed by atoms with Gasteiger partial charge in [0.1, 0.15) is 0 Å². The second kappa shape index (κ2) is 7.33. The first-order valence-electron chi connectivity index (χ1n) is 9.25. The van der Waals surface area contributed by atoms with E-state index in [-0.39, 0.29) is 22.5 Å². The van der Waals surface area contributed by atoms with Gasteiger partial charge in [0, 0.05) is 29.7 Å². The van der Waals surface area contributed by atoms with Crippen LogP contribution in [-0.2, 0) is 21.2 Å². The molecular formula is C22H20N2O4S. The van der Waals surface area contributed by atoms with Gasteiger partial charge in [-0.05, 0) is 42.8 Å². The zero-order valence-corrected chi connectivity index (χ0v) is 16.6. The zero-order valence-electron chi connectivity index (χ0n) is 15.8. The summed E-state index contributed by atoms with van der Waals surface area (Å²) in [6.07, 6.45) is 1.75. The molecule has 0 saturated carbocycles. The minimum atomic E-state index is -3.28. The molecule has 4 rings (SSSR count). The highest BCUT2D eigenvalue weighted by Crippen LogP contribution is 2.32. The highest BCUT2D eigenvalue weighted by atomic mass is 32.2. The number of nitrogens with one attached hydrogen (secondary N) is 1. The summed E-state index contributed by atoms with van der Waals surface area (Å²) in [7, 11) is -3.28. The molecule has 0 aliphatic carbocycles. The monoisotopic (exact) mass is 408 g/mol. The Bertz CT molecular complexity index is 1180. The van der Waals surface area contributed by atoms with Crippen molar-refractivity contribution in [1.82, 2.24) is 4.57 Å². The lowest BCUT2D eigenvalue weighted by Gasteiger charge is -2.11. The van der Waals surface area contributed by atoms with Gasteiger partial charge in [-0.2, -0.15) is 0 Å². The molecule has 2 aromatic carbocycles. The van der Waals surface area contributed by atoms with Crippen molar-refractivity contribution in [1.29, 1.82) is 0 Å². The average Bonchev–Trinajstić information content (AvgIpc) is 3.30. The molecule has 0 unspecified atom stereocenters. The summed E-state index contributed by atoms with van der Waals surface area (Å²) < 4.78 is 25.0. The number of hydrogen-bond donors (Lipinski definition) is 1. The number of carbonyl (C=O) groups is 2. The number of fused-ring (bicyclic) bond motifs is 1. The molecule has 1 aliphatic rings. The summed E-state index contributed by atoms with van der Waals surface area (Å²) in [5.41, 5.74) is 2.55. The summed E-state index contributed by atoms with van der Waals surface area (Å²) in [5.74, 6) is -0.594. The van der Waals surface area contributed by atoms with Crippen LogP contribution in [0.2, 0.25) is 0 Å². The van der Waals surface area contributed by atoms with Gasteiger partial charge in [-0.1, -0.05) is 30.3 Å². The largest absolute Gasteiger partial charge is 0.341 e. The highest BCUT2D eigenvalue weighted by Gasteiger charge is 2.32. The lowest BCUT2D eigenvalue weighted by molar-refractivity contribution is -0.117. The number of carbonyl (C=O) groups excluding carboxylic acids is 2. The topological polar surface area (TPSA) is 85.2 Å². The molecule has 0 radical (unpaired) electrons. The Morgan fingerprint density at radius 3 is 2.31 bits per heavy atom. The van der Waals surface area contributed by atoms with E-state index in [1.807, 2.05) is 28.8 Å². The van der Waals surface area contributed by atoms with Crippen LogP contribution in [0.1, 0.15) is 34.1 Å². The van der Waals surface area contributed by atoms with Gasteiger partial charge in [0.05, 0.1) is 16.5 Å².